The van der Waals surface area contributed by atoms with Crippen molar-refractivity contribution in [1.82, 2.24) is 0 Å². The summed E-state index contributed by atoms with van der Waals surface area (Å²) in [6.07, 6.45) is 3.53. The van der Waals surface area contributed by atoms with Gasteiger partial charge in [-0.1, -0.05) is 18.2 Å². The molecule has 18 heavy (non-hydrogen) atoms. The fourth-order valence-corrected chi connectivity index (χ4v) is 4.09. The van der Waals surface area contributed by atoms with E-state index in [0.29, 0.717) is 11.8 Å². The highest BCUT2D eigenvalue weighted by molar-refractivity contribution is 5.79. The minimum Gasteiger partial charge on any atom is -0.496 e. The van der Waals surface area contributed by atoms with Crippen LogP contribution in [-0.2, 0) is 4.79 Å². The second-order valence-corrected chi connectivity index (χ2v) is 5.53. The molecule has 0 radical (unpaired) electrons. The number of hydrogen-bond donors (Lipinski definition) is 1. The zero-order valence-corrected chi connectivity index (χ0v) is 10.6. The number of hydrogen-bond acceptors (Lipinski definition) is 2. The Morgan fingerprint density at radius 1 is 1.28 bits per heavy atom. The average Bonchev–Trinajstić information content (AvgIpc) is 2.98. The highest BCUT2D eigenvalue weighted by Gasteiger charge is 2.51. The van der Waals surface area contributed by atoms with E-state index in [-0.39, 0.29) is 17.7 Å². The lowest BCUT2D eigenvalue weighted by atomic mass is 9.75. The van der Waals surface area contributed by atoms with Crippen LogP contribution in [0.2, 0.25) is 0 Å². The van der Waals surface area contributed by atoms with Crippen molar-refractivity contribution in [2.75, 3.05) is 7.11 Å². The molecule has 2 fully saturated rings. The van der Waals surface area contributed by atoms with Gasteiger partial charge in [-0.2, -0.15) is 0 Å². The van der Waals surface area contributed by atoms with Gasteiger partial charge >= 0.3 is 0 Å². The van der Waals surface area contributed by atoms with E-state index in [1.165, 1.54) is 6.42 Å². The van der Waals surface area contributed by atoms with Crippen LogP contribution < -0.4 is 10.5 Å². The van der Waals surface area contributed by atoms with E-state index < -0.39 is 0 Å². The first kappa shape index (κ1) is 11.6. The van der Waals surface area contributed by atoms with Crippen LogP contribution in [0.4, 0.5) is 0 Å². The van der Waals surface area contributed by atoms with Crippen LogP contribution in [0.25, 0.3) is 0 Å². The maximum absolute atomic E-state index is 11.8. The Kier molecular flexibility index (Phi) is 2.77. The molecule has 96 valence electrons. The first-order valence-corrected chi connectivity index (χ1v) is 6.64. The molecule has 4 atom stereocenters. The van der Waals surface area contributed by atoms with Gasteiger partial charge in [-0.05, 0) is 42.7 Å². The lowest BCUT2D eigenvalue weighted by Gasteiger charge is -2.30. The van der Waals surface area contributed by atoms with Gasteiger partial charge < -0.3 is 10.5 Å². The van der Waals surface area contributed by atoms with Crippen molar-refractivity contribution in [2.24, 2.45) is 23.5 Å². The third kappa shape index (κ3) is 1.61. The van der Waals surface area contributed by atoms with Crippen molar-refractivity contribution in [3.8, 4) is 5.75 Å². The zero-order valence-electron chi connectivity index (χ0n) is 10.6. The van der Waals surface area contributed by atoms with E-state index in [0.717, 1.165) is 24.2 Å². The van der Waals surface area contributed by atoms with E-state index >= 15 is 0 Å². The molecule has 3 nitrogen and oxygen atoms in total. The van der Waals surface area contributed by atoms with E-state index in [1.807, 2.05) is 18.2 Å². The predicted octanol–water partition coefficient (Wildman–Crippen LogP) is 2.31. The van der Waals surface area contributed by atoms with Gasteiger partial charge in [-0.15, -0.1) is 0 Å². The van der Waals surface area contributed by atoms with E-state index in [2.05, 4.69) is 6.07 Å². The Labute approximate surface area is 107 Å². The van der Waals surface area contributed by atoms with Crippen molar-refractivity contribution in [2.45, 2.75) is 25.2 Å². The minimum atomic E-state index is -0.141. The molecule has 2 saturated carbocycles. The summed E-state index contributed by atoms with van der Waals surface area (Å²) >= 11 is 0. The Balaban J connectivity index is 2.02. The Bertz CT molecular complexity index is 471. The van der Waals surface area contributed by atoms with Crippen LogP contribution in [0.3, 0.4) is 0 Å². The summed E-state index contributed by atoms with van der Waals surface area (Å²) in [7, 11) is 1.69. The van der Waals surface area contributed by atoms with Gasteiger partial charge in [0.15, 0.2) is 0 Å². The van der Waals surface area contributed by atoms with Crippen molar-refractivity contribution >= 4 is 5.91 Å². The molecule has 0 unspecified atom stereocenters. The molecular formula is C15H19NO2. The molecule has 0 saturated heterocycles. The van der Waals surface area contributed by atoms with Gasteiger partial charge in [0.1, 0.15) is 5.75 Å². The summed E-state index contributed by atoms with van der Waals surface area (Å²) in [5.74, 6) is 2.10. The monoisotopic (exact) mass is 245 g/mol. The SMILES string of the molecule is COc1ccccc1[C@H]1[C@H]2CC[C@H](C2)[C@@H]1C(N)=O. The first-order valence-electron chi connectivity index (χ1n) is 6.64. The quantitative estimate of drug-likeness (QED) is 0.888. The predicted molar refractivity (Wildman–Crippen MR) is 69.3 cm³/mol. The molecule has 2 aliphatic rings. The van der Waals surface area contributed by atoms with Gasteiger partial charge in [0.05, 0.1) is 7.11 Å². The Hall–Kier alpha value is -1.51. The van der Waals surface area contributed by atoms with Gasteiger partial charge in [0, 0.05) is 11.8 Å². The van der Waals surface area contributed by atoms with Crippen LogP contribution in [0.1, 0.15) is 30.7 Å². The molecular weight excluding hydrogens is 226 g/mol. The van der Waals surface area contributed by atoms with Crippen molar-refractivity contribution < 1.29 is 9.53 Å². The molecule has 3 rings (SSSR count). The van der Waals surface area contributed by atoms with Crippen LogP contribution in [0.15, 0.2) is 24.3 Å². The number of benzene rings is 1. The number of nitrogens with two attached hydrogens (primary N) is 1. The molecule has 2 N–H and O–H groups in total. The number of carbonyl (C=O) groups is 1. The molecule has 2 bridgehead atoms. The van der Waals surface area contributed by atoms with E-state index in [4.69, 9.17) is 10.5 Å². The number of methoxy groups -OCH3 is 1. The molecule has 0 spiro atoms. The molecule has 3 heteroatoms. The number of fused-ring (bicyclic) bond motifs is 2. The summed E-state index contributed by atoms with van der Waals surface area (Å²) in [6, 6.07) is 8.04. The summed E-state index contributed by atoms with van der Waals surface area (Å²) in [5, 5.41) is 0. The number of primary amides is 1. The number of ether oxygens (including phenoxy) is 1. The number of rotatable bonds is 3. The third-order valence-corrected chi connectivity index (χ3v) is 4.74. The molecule has 1 aromatic carbocycles. The van der Waals surface area contributed by atoms with Gasteiger partial charge in [-0.25, -0.2) is 0 Å². The summed E-state index contributed by atoms with van der Waals surface area (Å²) in [6.45, 7) is 0. The van der Waals surface area contributed by atoms with Crippen LogP contribution in [0, 0.1) is 17.8 Å². The number of para-hydroxylation sites is 1. The first-order chi connectivity index (χ1) is 8.72. The van der Waals surface area contributed by atoms with Crippen LogP contribution in [0.5, 0.6) is 5.75 Å². The lowest BCUT2D eigenvalue weighted by molar-refractivity contribution is -0.123. The topological polar surface area (TPSA) is 52.3 Å². The fourth-order valence-electron chi connectivity index (χ4n) is 4.09. The second kappa shape index (κ2) is 4.30. The average molecular weight is 245 g/mol. The molecule has 1 aromatic rings. The molecule has 0 heterocycles. The highest BCUT2D eigenvalue weighted by Crippen LogP contribution is 2.57. The van der Waals surface area contributed by atoms with E-state index in [9.17, 15) is 4.79 Å². The van der Waals surface area contributed by atoms with Gasteiger partial charge in [0.2, 0.25) is 5.91 Å². The molecule has 1 amide bonds. The standard InChI is InChI=1S/C15H19NO2/c1-18-12-5-3-2-4-11(12)13-9-6-7-10(8-9)14(13)15(16)17/h2-5,9-10,13-14H,6-8H2,1H3,(H2,16,17)/t9-,10+,13+,14-/m0/s1. The lowest BCUT2D eigenvalue weighted by Crippen LogP contribution is -2.33. The fraction of sp³-hybridized carbons (Fsp3) is 0.533. The van der Waals surface area contributed by atoms with E-state index in [1.54, 1.807) is 7.11 Å². The zero-order chi connectivity index (χ0) is 12.7. The summed E-state index contributed by atoms with van der Waals surface area (Å²) in [5.41, 5.74) is 6.79. The molecule has 2 aliphatic carbocycles. The van der Waals surface area contributed by atoms with Crippen molar-refractivity contribution in [3.05, 3.63) is 29.8 Å². The Morgan fingerprint density at radius 2 is 2.00 bits per heavy atom. The summed E-state index contributed by atoms with van der Waals surface area (Å²) < 4.78 is 5.44. The molecule has 0 aliphatic heterocycles. The number of amides is 1. The minimum absolute atomic E-state index is 0.0000463. The van der Waals surface area contributed by atoms with Crippen molar-refractivity contribution in [3.63, 3.8) is 0 Å². The second-order valence-electron chi connectivity index (χ2n) is 5.53. The number of carbonyl (C=O) groups excluding carboxylic acids is 1. The van der Waals surface area contributed by atoms with Gasteiger partial charge in [0.25, 0.3) is 0 Å². The third-order valence-electron chi connectivity index (χ3n) is 4.74. The highest BCUT2D eigenvalue weighted by atomic mass is 16.5. The van der Waals surface area contributed by atoms with Crippen molar-refractivity contribution in [1.29, 1.82) is 0 Å². The van der Waals surface area contributed by atoms with Crippen LogP contribution in [-0.4, -0.2) is 13.0 Å². The van der Waals surface area contributed by atoms with Crippen LogP contribution >= 0.6 is 0 Å². The summed E-state index contributed by atoms with van der Waals surface area (Å²) in [4.78, 5) is 11.8. The normalized spacial score (nSPS) is 33.6. The van der Waals surface area contributed by atoms with Gasteiger partial charge in [-0.3, -0.25) is 4.79 Å². The maximum atomic E-state index is 11.8. The largest absolute Gasteiger partial charge is 0.496 e. The molecule has 0 aromatic heterocycles. The smallest absolute Gasteiger partial charge is 0.221 e. The Morgan fingerprint density at radius 3 is 2.72 bits per heavy atom. The maximum Gasteiger partial charge on any atom is 0.221 e.